The number of carbonyl (C=O) groups excluding carboxylic acids is 2. The number of aromatic nitrogens is 2. The number of carbonyl (C=O) groups is 2. The molecule has 0 N–H and O–H groups in total. The van der Waals surface area contributed by atoms with Gasteiger partial charge in [-0.2, -0.15) is 10.1 Å². The van der Waals surface area contributed by atoms with Gasteiger partial charge in [0.05, 0.1) is 12.3 Å². The summed E-state index contributed by atoms with van der Waals surface area (Å²) in [5, 5.41) is 13.4. The summed E-state index contributed by atoms with van der Waals surface area (Å²) in [5.41, 5.74) is 1.14. The largest absolute Gasteiger partial charge is 0.494 e. The Labute approximate surface area is 192 Å². The van der Waals surface area contributed by atoms with Gasteiger partial charge in [0.25, 0.3) is 11.8 Å². The van der Waals surface area contributed by atoms with Crippen molar-refractivity contribution < 1.29 is 28.3 Å². The molecule has 172 valence electrons. The molecule has 6 rings (SSSR count). The Balaban J connectivity index is 1.19. The summed E-state index contributed by atoms with van der Waals surface area (Å²) in [6.45, 7) is 2.59. The van der Waals surface area contributed by atoms with E-state index in [1.165, 1.54) is 5.01 Å². The van der Waals surface area contributed by atoms with Crippen molar-refractivity contribution in [1.82, 2.24) is 15.1 Å². The number of amides is 2. The van der Waals surface area contributed by atoms with Crippen LogP contribution in [-0.2, 0) is 16.1 Å². The van der Waals surface area contributed by atoms with E-state index in [1.54, 1.807) is 42.5 Å². The molecule has 2 atom stereocenters. The Bertz CT molecular complexity index is 1310. The molecule has 34 heavy (non-hydrogen) atoms. The van der Waals surface area contributed by atoms with Gasteiger partial charge in [-0.05, 0) is 49.4 Å². The van der Waals surface area contributed by atoms with Crippen LogP contribution in [0.4, 0.5) is 5.69 Å². The van der Waals surface area contributed by atoms with Crippen molar-refractivity contribution >= 4 is 17.5 Å². The van der Waals surface area contributed by atoms with Gasteiger partial charge < -0.3 is 18.7 Å². The van der Waals surface area contributed by atoms with Crippen molar-refractivity contribution in [3.05, 3.63) is 48.4 Å². The van der Waals surface area contributed by atoms with Crippen LogP contribution in [0, 0.1) is 0 Å². The number of nitrogens with zero attached hydrogens (tertiary/aromatic N) is 6. The van der Waals surface area contributed by atoms with E-state index in [0.717, 1.165) is 4.90 Å². The molecule has 1 aromatic heterocycles. The molecular weight excluding hydrogens is 444 g/mol. The summed E-state index contributed by atoms with van der Waals surface area (Å²) in [6, 6.07) is 10.3. The molecule has 0 saturated carbocycles. The SMILES string of the molecule is CCOc1ccc(N2C(=O)[C@@H]3[C@@H](N=NN3Cc3nc(-c4ccc5c(c4)OCO5)no3)C2=O)cc1. The molecule has 3 aliphatic rings. The van der Waals surface area contributed by atoms with Crippen molar-refractivity contribution in [2.75, 3.05) is 18.3 Å². The minimum Gasteiger partial charge on any atom is -0.494 e. The Morgan fingerprint density at radius 2 is 1.88 bits per heavy atom. The molecule has 12 heteroatoms. The third kappa shape index (κ3) is 3.22. The molecule has 0 aliphatic carbocycles. The van der Waals surface area contributed by atoms with Crippen LogP contribution >= 0.6 is 0 Å². The van der Waals surface area contributed by atoms with Crippen LogP contribution in [0.5, 0.6) is 17.2 Å². The number of fused-ring (bicyclic) bond motifs is 2. The van der Waals surface area contributed by atoms with E-state index in [-0.39, 0.29) is 19.2 Å². The normalized spacial score (nSPS) is 20.4. The summed E-state index contributed by atoms with van der Waals surface area (Å²) >= 11 is 0. The van der Waals surface area contributed by atoms with Crippen LogP contribution in [-0.4, -0.2) is 52.4 Å². The molecule has 2 aromatic carbocycles. The van der Waals surface area contributed by atoms with Gasteiger partial charge in [0.15, 0.2) is 23.6 Å². The highest BCUT2D eigenvalue weighted by molar-refractivity contribution is 6.25. The fourth-order valence-electron chi connectivity index (χ4n) is 4.08. The Hall–Kier alpha value is -4.48. The lowest BCUT2D eigenvalue weighted by molar-refractivity contribution is -0.123. The number of rotatable bonds is 6. The number of anilines is 1. The molecule has 0 radical (unpaired) electrons. The number of hydrogen-bond acceptors (Lipinski definition) is 11. The molecule has 1 saturated heterocycles. The van der Waals surface area contributed by atoms with Gasteiger partial charge in [0.2, 0.25) is 18.5 Å². The third-order valence-electron chi connectivity index (χ3n) is 5.66. The lowest BCUT2D eigenvalue weighted by Crippen LogP contribution is -2.39. The molecule has 0 spiro atoms. The highest BCUT2D eigenvalue weighted by Gasteiger charge is 2.55. The van der Waals surface area contributed by atoms with E-state index in [4.69, 9.17) is 18.7 Å². The number of hydrogen-bond donors (Lipinski definition) is 0. The number of imide groups is 1. The monoisotopic (exact) mass is 462 g/mol. The van der Waals surface area contributed by atoms with Gasteiger partial charge in [0, 0.05) is 5.56 Å². The first-order valence-corrected chi connectivity index (χ1v) is 10.6. The maximum Gasteiger partial charge on any atom is 0.263 e. The van der Waals surface area contributed by atoms with E-state index in [2.05, 4.69) is 20.5 Å². The second kappa shape index (κ2) is 7.83. The van der Waals surface area contributed by atoms with E-state index >= 15 is 0 Å². The van der Waals surface area contributed by atoms with Crippen molar-refractivity contribution in [3.63, 3.8) is 0 Å². The molecule has 4 heterocycles. The summed E-state index contributed by atoms with van der Waals surface area (Å²) in [6.07, 6.45) is 0. The van der Waals surface area contributed by atoms with Gasteiger partial charge in [-0.3, -0.25) is 14.6 Å². The predicted molar refractivity (Wildman–Crippen MR) is 114 cm³/mol. The maximum atomic E-state index is 13.2. The first-order valence-electron chi connectivity index (χ1n) is 10.6. The van der Waals surface area contributed by atoms with Crippen LogP contribution < -0.4 is 19.1 Å². The van der Waals surface area contributed by atoms with Crippen LogP contribution in [0.25, 0.3) is 11.4 Å². The van der Waals surface area contributed by atoms with Crippen molar-refractivity contribution in [2.45, 2.75) is 25.6 Å². The van der Waals surface area contributed by atoms with Gasteiger partial charge in [-0.15, -0.1) is 0 Å². The Morgan fingerprint density at radius 1 is 1.06 bits per heavy atom. The zero-order valence-electron chi connectivity index (χ0n) is 18.0. The summed E-state index contributed by atoms with van der Waals surface area (Å²) < 4.78 is 21.5. The molecule has 12 nitrogen and oxygen atoms in total. The average molecular weight is 462 g/mol. The van der Waals surface area contributed by atoms with Crippen molar-refractivity contribution in [1.29, 1.82) is 0 Å². The highest BCUT2D eigenvalue weighted by Crippen LogP contribution is 2.36. The zero-order valence-corrected chi connectivity index (χ0v) is 18.0. The first-order chi connectivity index (χ1) is 16.6. The van der Waals surface area contributed by atoms with Gasteiger partial charge in [-0.1, -0.05) is 10.4 Å². The number of benzene rings is 2. The standard InChI is InChI=1S/C22H18N6O6/c1-2-31-14-6-4-13(5-7-14)28-21(29)18-19(22(28)30)27(26-24-18)10-17-23-20(25-34-17)12-3-8-15-16(9-12)33-11-32-15/h3-9,18-19H,2,10-11H2,1H3/t18-,19+/m1/s1. The molecule has 0 unspecified atom stereocenters. The van der Waals surface area contributed by atoms with Gasteiger partial charge in [0.1, 0.15) is 12.3 Å². The van der Waals surface area contributed by atoms with Gasteiger partial charge in [-0.25, -0.2) is 4.90 Å². The Kier molecular flexibility index (Phi) is 4.64. The second-order valence-corrected chi connectivity index (χ2v) is 7.71. The van der Waals surface area contributed by atoms with Gasteiger partial charge >= 0.3 is 0 Å². The molecule has 1 fully saturated rings. The molecule has 3 aromatic rings. The van der Waals surface area contributed by atoms with Crippen LogP contribution in [0.15, 0.2) is 57.3 Å². The summed E-state index contributed by atoms with van der Waals surface area (Å²) in [7, 11) is 0. The first kappa shape index (κ1) is 20.1. The van der Waals surface area contributed by atoms with Crippen LogP contribution in [0.2, 0.25) is 0 Å². The number of ether oxygens (including phenoxy) is 3. The maximum absolute atomic E-state index is 13.2. The average Bonchev–Trinajstić information content (AvgIpc) is 3.62. The molecule has 2 amide bonds. The van der Waals surface area contributed by atoms with Crippen LogP contribution in [0.1, 0.15) is 12.8 Å². The second-order valence-electron chi connectivity index (χ2n) is 7.71. The fraction of sp³-hybridized carbons (Fsp3) is 0.273. The van der Waals surface area contributed by atoms with Crippen molar-refractivity contribution in [2.24, 2.45) is 10.3 Å². The smallest absolute Gasteiger partial charge is 0.263 e. The predicted octanol–water partition coefficient (Wildman–Crippen LogP) is 2.36. The molecule has 0 bridgehead atoms. The van der Waals surface area contributed by atoms with E-state index < -0.39 is 23.9 Å². The topological polar surface area (TPSA) is 132 Å². The zero-order chi connectivity index (χ0) is 23.2. The highest BCUT2D eigenvalue weighted by atomic mass is 16.7. The lowest BCUT2D eigenvalue weighted by atomic mass is 10.1. The van der Waals surface area contributed by atoms with Crippen molar-refractivity contribution in [3.8, 4) is 28.6 Å². The summed E-state index contributed by atoms with van der Waals surface area (Å²) in [4.78, 5) is 31.6. The summed E-state index contributed by atoms with van der Waals surface area (Å²) in [5.74, 6) is 1.64. The Morgan fingerprint density at radius 3 is 2.71 bits per heavy atom. The molecular formula is C22H18N6O6. The van der Waals surface area contributed by atoms with E-state index in [1.807, 2.05) is 6.92 Å². The van der Waals surface area contributed by atoms with E-state index in [0.29, 0.717) is 40.9 Å². The third-order valence-corrected chi connectivity index (χ3v) is 5.66. The minimum absolute atomic E-state index is 0.0261. The quantitative estimate of drug-likeness (QED) is 0.506. The fourth-order valence-corrected chi connectivity index (χ4v) is 4.08. The molecule has 3 aliphatic heterocycles. The lowest BCUT2D eigenvalue weighted by Gasteiger charge is -2.19. The van der Waals surface area contributed by atoms with Crippen LogP contribution in [0.3, 0.4) is 0 Å². The minimum atomic E-state index is -0.921. The van der Waals surface area contributed by atoms with E-state index in [9.17, 15) is 9.59 Å².